The molecule has 3 saturated carbocycles. The van der Waals surface area contributed by atoms with Gasteiger partial charge in [-0.1, -0.05) is 65.5 Å². The zero-order chi connectivity index (χ0) is 21.7. The Kier molecular flexibility index (Phi) is 6.53. The molecule has 0 aromatic heterocycles. The van der Waals surface area contributed by atoms with Crippen LogP contribution in [0.2, 0.25) is 0 Å². The molecule has 0 aromatic carbocycles. The molecular formula is C29H51N. The fourth-order valence-electron chi connectivity index (χ4n) is 9.11. The van der Waals surface area contributed by atoms with Gasteiger partial charge in [-0.2, -0.15) is 0 Å². The minimum absolute atomic E-state index is 0.512. The quantitative estimate of drug-likeness (QED) is 0.399. The fourth-order valence-corrected chi connectivity index (χ4v) is 9.11. The SMILES string of the molecule is CC(C)CCC[C@@H](C)C1CCC2C3CC=C4CC(N(C)C)CCC4(C)C3CCC21C. The highest BCUT2D eigenvalue weighted by Gasteiger charge is 2.59. The largest absolute Gasteiger partial charge is 0.306 e. The fraction of sp³-hybridized carbons (Fsp3) is 0.931. The van der Waals surface area contributed by atoms with Gasteiger partial charge in [-0.05, 0) is 112 Å². The van der Waals surface area contributed by atoms with Crippen LogP contribution in [0.1, 0.15) is 105 Å². The van der Waals surface area contributed by atoms with E-state index in [1.165, 1.54) is 70.6 Å². The normalized spacial score (nSPS) is 44.4. The summed E-state index contributed by atoms with van der Waals surface area (Å²) in [7, 11) is 4.57. The number of fused-ring (bicyclic) bond motifs is 5. The molecule has 0 radical (unpaired) electrons. The molecule has 1 nitrogen and oxygen atoms in total. The average Bonchev–Trinajstić information content (AvgIpc) is 3.04. The van der Waals surface area contributed by atoms with Crippen molar-refractivity contribution >= 4 is 0 Å². The second-order valence-corrected chi connectivity index (χ2v) is 13.1. The van der Waals surface area contributed by atoms with E-state index in [0.29, 0.717) is 10.8 Å². The smallest absolute Gasteiger partial charge is 0.0127 e. The van der Waals surface area contributed by atoms with E-state index in [2.05, 4.69) is 59.7 Å². The summed E-state index contributed by atoms with van der Waals surface area (Å²) < 4.78 is 0. The molecule has 0 spiro atoms. The molecule has 0 amide bonds. The molecule has 0 saturated heterocycles. The molecule has 0 bridgehead atoms. The van der Waals surface area contributed by atoms with Gasteiger partial charge in [-0.25, -0.2) is 0 Å². The Morgan fingerprint density at radius 1 is 0.967 bits per heavy atom. The third-order valence-electron chi connectivity index (χ3n) is 11.0. The molecule has 30 heavy (non-hydrogen) atoms. The Morgan fingerprint density at radius 3 is 2.43 bits per heavy atom. The van der Waals surface area contributed by atoms with E-state index >= 15 is 0 Å². The van der Waals surface area contributed by atoms with Gasteiger partial charge in [-0.15, -0.1) is 0 Å². The highest BCUT2D eigenvalue weighted by Crippen LogP contribution is 2.67. The van der Waals surface area contributed by atoms with Crippen molar-refractivity contribution < 1.29 is 0 Å². The van der Waals surface area contributed by atoms with E-state index < -0.39 is 0 Å². The Hall–Kier alpha value is -0.300. The maximum atomic E-state index is 2.75. The van der Waals surface area contributed by atoms with Crippen LogP contribution in [0.25, 0.3) is 0 Å². The summed E-state index contributed by atoms with van der Waals surface area (Å²) in [4.78, 5) is 2.48. The molecule has 0 N–H and O–H groups in total. The Balaban J connectivity index is 1.48. The molecule has 0 aromatic rings. The molecule has 4 aliphatic carbocycles. The number of nitrogens with zero attached hydrogens (tertiary/aromatic N) is 1. The van der Waals surface area contributed by atoms with Gasteiger partial charge in [0.2, 0.25) is 0 Å². The maximum Gasteiger partial charge on any atom is 0.0127 e. The molecule has 1 heteroatoms. The molecule has 172 valence electrons. The first-order chi connectivity index (χ1) is 14.2. The van der Waals surface area contributed by atoms with Crippen LogP contribution >= 0.6 is 0 Å². The Labute approximate surface area is 188 Å². The van der Waals surface area contributed by atoms with Gasteiger partial charge in [0, 0.05) is 6.04 Å². The minimum atomic E-state index is 0.512. The van der Waals surface area contributed by atoms with Crippen molar-refractivity contribution in [2.45, 2.75) is 111 Å². The van der Waals surface area contributed by atoms with Crippen LogP contribution in [0.4, 0.5) is 0 Å². The van der Waals surface area contributed by atoms with Crippen LogP contribution in [0.3, 0.4) is 0 Å². The van der Waals surface area contributed by atoms with Crippen LogP contribution in [0.15, 0.2) is 11.6 Å². The first-order valence-corrected chi connectivity index (χ1v) is 13.5. The molecule has 0 aliphatic heterocycles. The van der Waals surface area contributed by atoms with E-state index in [-0.39, 0.29) is 0 Å². The molecular weight excluding hydrogens is 362 g/mol. The van der Waals surface area contributed by atoms with Crippen LogP contribution in [0.5, 0.6) is 0 Å². The standard InChI is InChI=1S/C29H51N/c1-20(2)9-8-10-21(3)25-13-14-26-24-12-11-22-19-23(30(6)7)15-17-28(22,4)27(24)16-18-29(25,26)5/h11,20-21,23-27H,8-10,12-19H2,1-7H3/t21-,23?,24?,25?,26?,27?,28?,29?/m1/s1. The van der Waals surface area contributed by atoms with E-state index in [9.17, 15) is 0 Å². The van der Waals surface area contributed by atoms with Gasteiger partial charge in [0.15, 0.2) is 0 Å². The lowest BCUT2D eigenvalue weighted by atomic mass is 9.47. The predicted molar refractivity (Wildman–Crippen MR) is 131 cm³/mol. The summed E-state index contributed by atoms with van der Waals surface area (Å²) in [5.41, 5.74) is 2.98. The van der Waals surface area contributed by atoms with Gasteiger partial charge < -0.3 is 4.90 Å². The van der Waals surface area contributed by atoms with Gasteiger partial charge >= 0.3 is 0 Å². The Morgan fingerprint density at radius 2 is 1.73 bits per heavy atom. The monoisotopic (exact) mass is 413 g/mol. The van der Waals surface area contributed by atoms with Crippen LogP contribution in [-0.4, -0.2) is 25.0 Å². The first-order valence-electron chi connectivity index (χ1n) is 13.5. The lowest BCUT2D eigenvalue weighted by Crippen LogP contribution is -2.51. The van der Waals surface area contributed by atoms with E-state index in [1.807, 2.05) is 5.57 Å². The predicted octanol–water partition coefficient (Wildman–Crippen LogP) is 7.96. The summed E-state index contributed by atoms with van der Waals surface area (Å²) >= 11 is 0. The average molecular weight is 414 g/mol. The van der Waals surface area contributed by atoms with Gasteiger partial charge in [0.05, 0.1) is 0 Å². The highest BCUT2D eigenvalue weighted by atomic mass is 15.1. The zero-order valence-corrected chi connectivity index (χ0v) is 21.3. The second-order valence-electron chi connectivity index (χ2n) is 13.1. The summed E-state index contributed by atoms with van der Waals surface area (Å²) in [6.07, 6.45) is 18.7. The van der Waals surface area contributed by atoms with Crippen molar-refractivity contribution in [1.29, 1.82) is 0 Å². The number of rotatable bonds is 6. The van der Waals surface area contributed by atoms with Crippen molar-refractivity contribution in [2.75, 3.05) is 14.1 Å². The van der Waals surface area contributed by atoms with Crippen molar-refractivity contribution in [3.63, 3.8) is 0 Å². The lowest BCUT2D eigenvalue weighted by Gasteiger charge is -2.59. The third-order valence-corrected chi connectivity index (χ3v) is 11.0. The van der Waals surface area contributed by atoms with Crippen molar-refractivity contribution in [3.05, 3.63) is 11.6 Å². The molecule has 0 heterocycles. The van der Waals surface area contributed by atoms with Gasteiger partial charge in [0.1, 0.15) is 0 Å². The molecule has 4 rings (SSSR count). The lowest BCUT2D eigenvalue weighted by molar-refractivity contribution is -0.0535. The first kappa shape index (κ1) is 22.9. The highest BCUT2D eigenvalue weighted by molar-refractivity contribution is 5.26. The third kappa shape index (κ3) is 3.84. The second kappa shape index (κ2) is 8.57. The summed E-state index contributed by atoms with van der Waals surface area (Å²) in [6.45, 7) is 12.8. The van der Waals surface area contributed by atoms with Crippen molar-refractivity contribution in [3.8, 4) is 0 Å². The van der Waals surface area contributed by atoms with Crippen LogP contribution < -0.4 is 0 Å². The molecule has 8 atom stereocenters. The molecule has 4 aliphatic rings. The minimum Gasteiger partial charge on any atom is -0.306 e. The molecule has 3 fully saturated rings. The Bertz CT molecular complexity index is 632. The van der Waals surface area contributed by atoms with E-state index in [1.54, 1.807) is 0 Å². The summed E-state index contributed by atoms with van der Waals surface area (Å²) in [6, 6.07) is 0.775. The topological polar surface area (TPSA) is 3.24 Å². The zero-order valence-electron chi connectivity index (χ0n) is 21.3. The summed E-state index contributed by atoms with van der Waals surface area (Å²) in [5, 5.41) is 0. The number of allylic oxidation sites excluding steroid dienone is 1. The van der Waals surface area contributed by atoms with E-state index in [4.69, 9.17) is 0 Å². The van der Waals surface area contributed by atoms with Crippen molar-refractivity contribution in [2.24, 2.45) is 46.3 Å². The van der Waals surface area contributed by atoms with Crippen molar-refractivity contribution in [1.82, 2.24) is 4.90 Å². The number of hydrogen-bond acceptors (Lipinski definition) is 1. The van der Waals surface area contributed by atoms with E-state index in [0.717, 1.165) is 41.5 Å². The van der Waals surface area contributed by atoms with Gasteiger partial charge in [-0.3, -0.25) is 0 Å². The summed E-state index contributed by atoms with van der Waals surface area (Å²) in [5.74, 6) is 5.71. The van der Waals surface area contributed by atoms with Crippen LogP contribution in [0, 0.1) is 46.3 Å². The van der Waals surface area contributed by atoms with Gasteiger partial charge in [0.25, 0.3) is 0 Å². The maximum absolute atomic E-state index is 2.75. The number of hydrogen-bond donors (Lipinski definition) is 0. The van der Waals surface area contributed by atoms with Crippen LogP contribution in [-0.2, 0) is 0 Å². The molecule has 7 unspecified atom stereocenters.